The Balaban J connectivity index is 4.41. The monoisotopic (exact) mass is 269 g/mol. The highest BCUT2D eigenvalue weighted by Gasteiger charge is 2.22. The summed E-state index contributed by atoms with van der Waals surface area (Å²) < 4.78 is 0. The van der Waals surface area contributed by atoms with E-state index in [1.54, 1.807) is 14.0 Å². The van der Waals surface area contributed by atoms with Gasteiger partial charge in [-0.15, -0.1) is 12.3 Å². The first kappa shape index (κ1) is 16.8. The van der Waals surface area contributed by atoms with Crippen molar-refractivity contribution >= 4 is 17.9 Å². The maximum Gasteiger partial charge on any atom is 0.327 e. The van der Waals surface area contributed by atoms with Gasteiger partial charge < -0.3 is 20.6 Å². The first-order valence-electron chi connectivity index (χ1n) is 5.81. The summed E-state index contributed by atoms with van der Waals surface area (Å²) in [5.74, 6) is 0.673. The highest BCUT2D eigenvalue weighted by molar-refractivity contribution is 5.88. The topological polar surface area (TPSA) is 98.7 Å². The van der Waals surface area contributed by atoms with Crippen LogP contribution in [0.25, 0.3) is 0 Å². The summed E-state index contributed by atoms with van der Waals surface area (Å²) in [6, 6.07) is -2.66. The minimum absolute atomic E-state index is 0.125. The summed E-state index contributed by atoms with van der Waals surface area (Å²) in [5, 5.41) is 13.4. The molecule has 7 nitrogen and oxygen atoms in total. The number of hydrogen-bond acceptors (Lipinski definition) is 3. The number of carbonyl (C=O) groups excluding carboxylic acids is 2. The predicted molar refractivity (Wildman–Crippen MR) is 69.3 cm³/mol. The molecule has 2 atom stereocenters. The van der Waals surface area contributed by atoms with Crippen molar-refractivity contribution in [2.24, 2.45) is 0 Å². The lowest BCUT2D eigenvalue weighted by Gasteiger charge is -2.21. The van der Waals surface area contributed by atoms with E-state index in [-0.39, 0.29) is 12.3 Å². The zero-order chi connectivity index (χ0) is 15.0. The van der Waals surface area contributed by atoms with E-state index < -0.39 is 24.1 Å². The van der Waals surface area contributed by atoms with E-state index in [1.165, 1.54) is 11.8 Å². The number of carboxylic acids is 1. The smallest absolute Gasteiger partial charge is 0.327 e. The van der Waals surface area contributed by atoms with Gasteiger partial charge in [-0.1, -0.05) is 0 Å². The minimum Gasteiger partial charge on any atom is -0.480 e. The number of carboxylic acid groups (broad SMARTS) is 1. The van der Waals surface area contributed by atoms with Crippen LogP contribution in [0.1, 0.15) is 20.3 Å². The molecule has 0 saturated heterocycles. The number of aliphatic carboxylic acids is 1. The first-order valence-corrected chi connectivity index (χ1v) is 5.81. The molecular weight excluding hydrogens is 250 g/mol. The third-order valence-corrected chi connectivity index (χ3v) is 2.49. The number of nitrogens with zero attached hydrogens (tertiary/aromatic N) is 1. The normalized spacial score (nSPS) is 12.7. The van der Waals surface area contributed by atoms with Gasteiger partial charge in [0.1, 0.15) is 12.1 Å². The Morgan fingerprint density at radius 2 is 1.95 bits per heavy atom. The van der Waals surface area contributed by atoms with E-state index in [0.29, 0.717) is 6.54 Å². The molecule has 0 aromatic rings. The Kier molecular flexibility index (Phi) is 7.04. The van der Waals surface area contributed by atoms with Gasteiger partial charge >= 0.3 is 12.0 Å². The molecule has 106 valence electrons. The zero-order valence-electron chi connectivity index (χ0n) is 11.3. The molecule has 0 aromatic heterocycles. The standard InChI is InChI=1S/C12H19N3O4/c1-5-7-9(11(17)18)14-12(19)13-8(3)10(16)15(4)6-2/h1,8-9H,6-7H2,2-4H3,(H,17,18)(H2,13,14,19). The van der Waals surface area contributed by atoms with Gasteiger partial charge in [0.25, 0.3) is 0 Å². The average Bonchev–Trinajstić information content (AvgIpc) is 2.35. The largest absolute Gasteiger partial charge is 0.480 e. The Morgan fingerprint density at radius 1 is 1.37 bits per heavy atom. The van der Waals surface area contributed by atoms with Crippen molar-refractivity contribution in [3.05, 3.63) is 0 Å². The van der Waals surface area contributed by atoms with Gasteiger partial charge in [-0.3, -0.25) is 4.79 Å². The van der Waals surface area contributed by atoms with E-state index in [2.05, 4.69) is 16.6 Å². The summed E-state index contributed by atoms with van der Waals surface area (Å²) in [4.78, 5) is 35.5. The fourth-order valence-corrected chi connectivity index (χ4v) is 1.26. The number of terminal acetylenes is 1. The summed E-state index contributed by atoms with van der Waals surface area (Å²) >= 11 is 0. The van der Waals surface area contributed by atoms with Crippen LogP contribution in [0.3, 0.4) is 0 Å². The van der Waals surface area contributed by atoms with E-state index in [0.717, 1.165) is 0 Å². The molecule has 0 spiro atoms. The fourth-order valence-electron chi connectivity index (χ4n) is 1.26. The predicted octanol–water partition coefficient (Wildman–Crippen LogP) is -0.371. The molecule has 2 unspecified atom stereocenters. The van der Waals surface area contributed by atoms with Crippen molar-refractivity contribution in [1.29, 1.82) is 0 Å². The number of amides is 3. The van der Waals surface area contributed by atoms with Crippen LogP contribution in [0.2, 0.25) is 0 Å². The maximum atomic E-state index is 11.7. The second kappa shape index (κ2) is 7.97. The van der Waals surface area contributed by atoms with E-state index >= 15 is 0 Å². The van der Waals surface area contributed by atoms with Crippen LogP contribution in [0.4, 0.5) is 4.79 Å². The third kappa shape index (κ3) is 5.77. The summed E-state index contributed by atoms with van der Waals surface area (Å²) in [6.07, 6.45) is 4.88. The van der Waals surface area contributed by atoms with Crippen molar-refractivity contribution in [2.45, 2.75) is 32.4 Å². The quantitative estimate of drug-likeness (QED) is 0.573. The molecule has 0 aliphatic heterocycles. The molecule has 0 heterocycles. The summed E-state index contributed by atoms with van der Waals surface area (Å²) in [5.41, 5.74) is 0. The number of rotatable bonds is 6. The number of carbonyl (C=O) groups is 3. The molecule has 3 amide bonds. The van der Waals surface area contributed by atoms with Crippen LogP contribution < -0.4 is 10.6 Å². The van der Waals surface area contributed by atoms with Crippen molar-refractivity contribution < 1.29 is 19.5 Å². The molecule has 7 heteroatoms. The zero-order valence-corrected chi connectivity index (χ0v) is 11.3. The third-order valence-electron chi connectivity index (χ3n) is 2.49. The highest BCUT2D eigenvalue weighted by atomic mass is 16.4. The molecule has 0 aliphatic carbocycles. The Morgan fingerprint density at radius 3 is 2.37 bits per heavy atom. The van der Waals surface area contributed by atoms with Crippen LogP contribution in [-0.2, 0) is 9.59 Å². The maximum absolute atomic E-state index is 11.7. The molecule has 0 aromatic carbocycles. The number of urea groups is 1. The van der Waals surface area contributed by atoms with Crippen molar-refractivity contribution in [2.75, 3.05) is 13.6 Å². The average molecular weight is 269 g/mol. The second-order valence-corrected chi connectivity index (χ2v) is 3.99. The SMILES string of the molecule is C#CCC(NC(=O)NC(C)C(=O)N(C)CC)C(=O)O. The van der Waals surface area contributed by atoms with Crippen molar-refractivity contribution in [1.82, 2.24) is 15.5 Å². The Bertz CT molecular complexity index is 389. The molecule has 0 bridgehead atoms. The minimum atomic E-state index is -1.22. The Labute approximate surface area is 112 Å². The van der Waals surface area contributed by atoms with Gasteiger partial charge in [0.15, 0.2) is 0 Å². The van der Waals surface area contributed by atoms with Crippen LogP contribution >= 0.6 is 0 Å². The molecule has 0 radical (unpaired) electrons. The van der Waals surface area contributed by atoms with Crippen molar-refractivity contribution in [3.8, 4) is 12.3 Å². The van der Waals surface area contributed by atoms with Gasteiger partial charge in [0, 0.05) is 20.0 Å². The fraction of sp³-hybridized carbons (Fsp3) is 0.583. The van der Waals surface area contributed by atoms with Crippen LogP contribution in [-0.4, -0.2) is 53.6 Å². The van der Waals surface area contributed by atoms with Crippen molar-refractivity contribution in [3.63, 3.8) is 0 Å². The molecule has 3 N–H and O–H groups in total. The van der Waals surface area contributed by atoms with Crippen LogP contribution in [0.15, 0.2) is 0 Å². The second-order valence-electron chi connectivity index (χ2n) is 3.99. The summed E-state index contributed by atoms with van der Waals surface area (Å²) in [7, 11) is 1.61. The molecular formula is C12H19N3O4. The molecule has 0 saturated carbocycles. The molecule has 19 heavy (non-hydrogen) atoms. The van der Waals surface area contributed by atoms with Crippen LogP contribution in [0.5, 0.6) is 0 Å². The highest BCUT2D eigenvalue weighted by Crippen LogP contribution is 1.94. The Hall–Kier alpha value is -2.23. The molecule has 0 aliphatic rings. The molecule has 0 rings (SSSR count). The number of nitrogens with one attached hydrogen (secondary N) is 2. The van der Waals surface area contributed by atoms with Gasteiger partial charge in [-0.05, 0) is 13.8 Å². The van der Waals surface area contributed by atoms with Gasteiger partial charge in [0.2, 0.25) is 5.91 Å². The van der Waals surface area contributed by atoms with E-state index in [1.807, 2.05) is 0 Å². The van der Waals surface area contributed by atoms with Gasteiger partial charge in [-0.2, -0.15) is 0 Å². The van der Waals surface area contributed by atoms with Crippen LogP contribution in [0, 0.1) is 12.3 Å². The lowest BCUT2D eigenvalue weighted by molar-refractivity contribution is -0.139. The first-order chi connectivity index (χ1) is 8.83. The molecule has 0 fully saturated rings. The number of likely N-dealkylation sites (N-methyl/N-ethyl adjacent to an activating group) is 1. The summed E-state index contributed by atoms with van der Waals surface area (Å²) in [6.45, 7) is 3.84. The van der Waals surface area contributed by atoms with Gasteiger partial charge in [0.05, 0.1) is 0 Å². The lowest BCUT2D eigenvalue weighted by atomic mass is 10.2. The number of hydrogen-bond donors (Lipinski definition) is 3. The van der Waals surface area contributed by atoms with Gasteiger partial charge in [-0.25, -0.2) is 9.59 Å². The lowest BCUT2D eigenvalue weighted by Crippen LogP contribution is -2.52. The van der Waals surface area contributed by atoms with E-state index in [4.69, 9.17) is 11.5 Å². The van der Waals surface area contributed by atoms with E-state index in [9.17, 15) is 14.4 Å².